The van der Waals surface area contributed by atoms with Crippen molar-refractivity contribution < 1.29 is 14.6 Å². The molecule has 1 aromatic rings. The zero-order valence-electron chi connectivity index (χ0n) is 16.4. The van der Waals surface area contributed by atoms with Crippen LogP contribution in [-0.2, 0) is 4.74 Å². The molecule has 27 heavy (non-hydrogen) atoms. The zero-order chi connectivity index (χ0) is 19.2. The number of hydrogen-bond donors (Lipinski definition) is 2. The quantitative estimate of drug-likeness (QED) is 0.815. The van der Waals surface area contributed by atoms with Gasteiger partial charge in [-0.2, -0.15) is 0 Å². The smallest absolute Gasteiger partial charge is 0.317 e. The first-order valence-corrected chi connectivity index (χ1v) is 9.88. The summed E-state index contributed by atoms with van der Waals surface area (Å²) in [6.45, 7) is 9.12. The van der Waals surface area contributed by atoms with Gasteiger partial charge in [-0.1, -0.05) is 12.1 Å². The maximum Gasteiger partial charge on any atom is 0.317 e. The molecule has 0 radical (unpaired) electrons. The van der Waals surface area contributed by atoms with Crippen molar-refractivity contribution in [3.8, 4) is 5.75 Å². The van der Waals surface area contributed by atoms with E-state index in [0.29, 0.717) is 19.7 Å². The third kappa shape index (κ3) is 5.82. The van der Waals surface area contributed by atoms with Gasteiger partial charge in [0.05, 0.1) is 13.2 Å². The van der Waals surface area contributed by atoms with Crippen LogP contribution in [0.25, 0.3) is 0 Å². The van der Waals surface area contributed by atoms with Crippen molar-refractivity contribution in [3.05, 3.63) is 29.8 Å². The van der Waals surface area contributed by atoms with E-state index in [4.69, 9.17) is 4.74 Å². The van der Waals surface area contributed by atoms with Gasteiger partial charge in [-0.25, -0.2) is 4.79 Å². The molecule has 2 amide bonds. The molecule has 2 aliphatic rings. The number of carbonyl (C=O) groups is 1. The zero-order valence-corrected chi connectivity index (χ0v) is 16.4. The summed E-state index contributed by atoms with van der Waals surface area (Å²) in [5.74, 6) is 0.218. The monoisotopic (exact) mass is 376 g/mol. The molecule has 2 fully saturated rings. The molecule has 0 saturated carbocycles. The molecule has 2 unspecified atom stereocenters. The maximum atomic E-state index is 12.6. The number of amides is 2. The third-order valence-electron chi connectivity index (χ3n) is 5.44. The van der Waals surface area contributed by atoms with Gasteiger partial charge in [0.1, 0.15) is 11.9 Å². The van der Waals surface area contributed by atoms with Crippen molar-refractivity contribution in [2.45, 2.75) is 25.5 Å². The maximum absolute atomic E-state index is 12.6. The van der Waals surface area contributed by atoms with Gasteiger partial charge in [0.2, 0.25) is 0 Å². The molecular weight excluding hydrogens is 344 g/mol. The van der Waals surface area contributed by atoms with E-state index in [1.807, 2.05) is 11.0 Å². The number of nitrogens with zero attached hydrogens (tertiary/aromatic N) is 3. The van der Waals surface area contributed by atoms with E-state index in [0.717, 1.165) is 44.7 Å². The first kappa shape index (κ1) is 19.9. The van der Waals surface area contributed by atoms with Crippen LogP contribution in [0.1, 0.15) is 25.0 Å². The number of phenolic OH excluding ortho intramolecular Hbond substituents is 1. The Labute approximate surface area is 161 Å². The first-order chi connectivity index (χ1) is 13.0. The second-order valence-electron chi connectivity index (χ2n) is 7.68. The number of hydrogen-bond acceptors (Lipinski definition) is 5. The number of urea groups is 1. The summed E-state index contributed by atoms with van der Waals surface area (Å²) >= 11 is 0. The molecular formula is C20H32N4O3. The average molecular weight is 377 g/mol. The van der Waals surface area contributed by atoms with Crippen LogP contribution in [0.2, 0.25) is 0 Å². The van der Waals surface area contributed by atoms with Crippen molar-refractivity contribution in [2.75, 3.05) is 59.5 Å². The summed E-state index contributed by atoms with van der Waals surface area (Å²) in [5, 5.41) is 12.8. The summed E-state index contributed by atoms with van der Waals surface area (Å²) in [4.78, 5) is 19.3. The molecule has 0 spiro atoms. The summed E-state index contributed by atoms with van der Waals surface area (Å²) in [6, 6.07) is 7.16. The van der Waals surface area contributed by atoms with E-state index in [2.05, 4.69) is 29.1 Å². The van der Waals surface area contributed by atoms with Crippen LogP contribution in [-0.4, -0.2) is 91.3 Å². The summed E-state index contributed by atoms with van der Waals surface area (Å²) in [7, 11) is 2.16. The van der Waals surface area contributed by atoms with Crippen LogP contribution in [0.4, 0.5) is 4.79 Å². The molecule has 7 nitrogen and oxygen atoms in total. The lowest BCUT2D eigenvalue weighted by Crippen LogP contribution is -2.50. The number of nitrogens with one attached hydrogen (secondary N) is 1. The van der Waals surface area contributed by atoms with Crippen LogP contribution < -0.4 is 5.32 Å². The van der Waals surface area contributed by atoms with E-state index in [-0.39, 0.29) is 23.9 Å². The Morgan fingerprint density at radius 3 is 2.81 bits per heavy atom. The molecule has 1 aromatic carbocycles. The molecule has 150 valence electrons. The normalized spacial score (nSPS) is 23.2. The summed E-state index contributed by atoms with van der Waals surface area (Å²) in [5.41, 5.74) is 0.899. The predicted octanol–water partition coefficient (Wildman–Crippen LogP) is 1.50. The molecule has 3 rings (SSSR count). The molecule has 0 aliphatic carbocycles. The van der Waals surface area contributed by atoms with Gasteiger partial charge in [0.15, 0.2) is 0 Å². The first-order valence-electron chi connectivity index (χ1n) is 9.88. The Bertz CT molecular complexity index is 619. The molecule has 7 heteroatoms. The fourth-order valence-corrected chi connectivity index (χ4v) is 3.58. The Kier molecular flexibility index (Phi) is 6.93. The highest BCUT2D eigenvalue weighted by Crippen LogP contribution is 2.25. The minimum atomic E-state index is -0.197. The van der Waals surface area contributed by atoms with Gasteiger partial charge < -0.3 is 29.9 Å². The largest absolute Gasteiger partial charge is 0.508 e. The Hall–Kier alpha value is -1.83. The summed E-state index contributed by atoms with van der Waals surface area (Å²) < 4.78 is 5.80. The van der Waals surface area contributed by atoms with Crippen molar-refractivity contribution >= 4 is 6.03 Å². The minimum Gasteiger partial charge on any atom is -0.508 e. The number of piperazine rings is 1. The van der Waals surface area contributed by atoms with Gasteiger partial charge >= 0.3 is 6.03 Å². The Balaban J connectivity index is 1.44. The van der Waals surface area contributed by atoms with Crippen molar-refractivity contribution in [1.29, 1.82) is 0 Å². The molecule has 2 heterocycles. The number of carbonyl (C=O) groups excluding carboxylic acids is 1. The highest BCUT2D eigenvalue weighted by atomic mass is 16.5. The number of ether oxygens (including phenoxy) is 1. The number of rotatable bonds is 5. The number of aromatic hydroxyl groups is 1. The average Bonchev–Trinajstić information content (AvgIpc) is 2.67. The van der Waals surface area contributed by atoms with Crippen LogP contribution in [0.15, 0.2) is 24.3 Å². The predicted molar refractivity (Wildman–Crippen MR) is 105 cm³/mol. The van der Waals surface area contributed by atoms with Crippen LogP contribution in [0, 0.1) is 0 Å². The fourth-order valence-electron chi connectivity index (χ4n) is 3.58. The second-order valence-corrected chi connectivity index (χ2v) is 7.68. The molecule has 2 N–H and O–H groups in total. The van der Waals surface area contributed by atoms with Crippen molar-refractivity contribution in [1.82, 2.24) is 20.0 Å². The molecule has 2 saturated heterocycles. The topological polar surface area (TPSA) is 68.3 Å². The third-order valence-corrected chi connectivity index (χ3v) is 5.44. The second kappa shape index (κ2) is 9.39. The summed E-state index contributed by atoms with van der Waals surface area (Å²) in [6.07, 6.45) is 0.757. The molecule has 0 bridgehead atoms. The highest BCUT2D eigenvalue weighted by Gasteiger charge is 2.26. The van der Waals surface area contributed by atoms with Gasteiger partial charge in [-0.15, -0.1) is 0 Å². The number of morpholine rings is 1. The SMILES string of the molecule is CC(CCN1CCN(C)CC1)NC(=O)N1CCOC(c2cccc(O)c2)C1. The highest BCUT2D eigenvalue weighted by molar-refractivity contribution is 5.74. The molecule has 2 atom stereocenters. The standard InChI is InChI=1S/C20H32N4O3/c1-16(6-7-23-10-8-22(2)9-11-23)21-20(26)24-12-13-27-19(15-24)17-4-3-5-18(25)14-17/h3-5,14,16,19,25H,6-13,15H2,1-2H3,(H,21,26). The van der Waals surface area contributed by atoms with Crippen LogP contribution >= 0.6 is 0 Å². The molecule has 0 aromatic heterocycles. The van der Waals surface area contributed by atoms with Crippen LogP contribution in [0.5, 0.6) is 5.75 Å². The van der Waals surface area contributed by atoms with E-state index in [1.165, 1.54) is 0 Å². The lowest BCUT2D eigenvalue weighted by atomic mass is 10.1. The van der Waals surface area contributed by atoms with Gasteiger partial charge in [0, 0.05) is 45.3 Å². The van der Waals surface area contributed by atoms with Gasteiger partial charge in [-0.05, 0) is 38.1 Å². The number of likely N-dealkylation sites (N-methyl/N-ethyl adjacent to an activating group) is 1. The van der Waals surface area contributed by atoms with E-state index < -0.39 is 0 Å². The Morgan fingerprint density at radius 1 is 1.30 bits per heavy atom. The van der Waals surface area contributed by atoms with E-state index in [1.54, 1.807) is 18.2 Å². The van der Waals surface area contributed by atoms with E-state index in [9.17, 15) is 9.90 Å². The fraction of sp³-hybridized carbons (Fsp3) is 0.650. The number of phenols is 1. The molecule has 2 aliphatic heterocycles. The van der Waals surface area contributed by atoms with Gasteiger partial charge in [-0.3, -0.25) is 0 Å². The van der Waals surface area contributed by atoms with Crippen molar-refractivity contribution in [2.24, 2.45) is 0 Å². The van der Waals surface area contributed by atoms with Crippen LogP contribution in [0.3, 0.4) is 0 Å². The minimum absolute atomic E-state index is 0.0330. The lowest BCUT2D eigenvalue weighted by molar-refractivity contribution is -0.0158. The number of benzene rings is 1. The van der Waals surface area contributed by atoms with Gasteiger partial charge in [0.25, 0.3) is 0 Å². The Morgan fingerprint density at radius 2 is 2.07 bits per heavy atom. The van der Waals surface area contributed by atoms with E-state index >= 15 is 0 Å². The van der Waals surface area contributed by atoms with Crippen molar-refractivity contribution in [3.63, 3.8) is 0 Å². The lowest BCUT2D eigenvalue weighted by Gasteiger charge is -2.35.